The maximum Gasteiger partial charge on any atom is 0.132 e. The van der Waals surface area contributed by atoms with Crippen LogP contribution in [0.2, 0.25) is 0 Å². The molecule has 2 atom stereocenters. The highest BCUT2D eigenvalue weighted by atomic mass is 19.1. The number of fused-ring (bicyclic) bond motifs is 1. The van der Waals surface area contributed by atoms with Crippen LogP contribution in [-0.4, -0.2) is 59.6 Å². The van der Waals surface area contributed by atoms with Gasteiger partial charge in [0, 0.05) is 49.3 Å². The Bertz CT molecular complexity index is 694. The molecule has 0 amide bonds. The lowest BCUT2D eigenvalue weighted by molar-refractivity contribution is 0.0778. The van der Waals surface area contributed by atoms with Crippen molar-refractivity contribution in [1.82, 2.24) is 14.8 Å². The van der Waals surface area contributed by atoms with Crippen LogP contribution in [0.1, 0.15) is 43.9 Å². The van der Waals surface area contributed by atoms with E-state index in [1.54, 1.807) is 6.07 Å². The molecule has 1 saturated heterocycles. The molecule has 0 spiro atoms. The van der Waals surface area contributed by atoms with E-state index in [-0.39, 0.29) is 5.82 Å². The van der Waals surface area contributed by atoms with E-state index in [0.717, 1.165) is 22.8 Å². The number of nitrogens with one attached hydrogen (secondary N) is 1. The van der Waals surface area contributed by atoms with Crippen molar-refractivity contribution >= 4 is 10.9 Å². The van der Waals surface area contributed by atoms with Gasteiger partial charge in [0.2, 0.25) is 0 Å². The molecule has 0 radical (unpaired) electrons. The summed E-state index contributed by atoms with van der Waals surface area (Å²) in [6.07, 6.45) is 5.18. The molecule has 1 aliphatic carbocycles. The minimum atomic E-state index is -0.153. The highest BCUT2D eigenvalue weighted by Gasteiger charge is 2.27. The molecule has 150 valence electrons. The summed E-state index contributed by atoms with van der Waals surface area (Å²) in [5.74, 6) is -0.153. The van der Waals surface area contributed by atoms with Gasteiger partial charge in [-0.05, 0) is 57.4 Å². The Morgan fingerprint density at radius 1 is 1.15 bits per heavy atom. The van der Waals surface area contributed by atoms with Gasteiger partial charge >= 0.3 is 0 Å². The molecule has 2 heterocycles. The van der Waals surface area contributed by atoms with Gasteiger partial charge in [-0.2, -0.15) is 0 Å². The van der Waals surface area contributed by atoms with Crippen LogP contribution >= 0.6 is 0 Å². The normalized spacial score (nSPS) is 24.6. The maximum atomic E-state index is 13.2. The van der Waals surface area contributed by atoms with Crippen LogP contribution in [0, 0.1) is 19.7 Å². The van der Waals surface area contributed by atoms with Gasteiger partial charge in [0.15, 0.2) is 0 Å². The number of H-pyrrole nitrogens is 1. The number of rotatable bonds is 2. The summed E-state index contributed by atoms with van der Waals surface area (Å²) < 4.78 is 13.2. The van der Waals surface area contributed by atoms with Crippen molar-refractivity contribution < 1.29 is 4.39 Å². The number of likely N-dealkylation sites (N-methyl/N-ethyl adjacent to an activating group) is 1. The van der Waals surface area contributed by atoms with Crippen molar-refractivity contribution in [1.29, 1.82) is 0 Å². The lowest BCUT2D eigenvalue weighted by Gasteiger charge is -2.41. The summed E-state index contributed by atoms with van der Waals surface area (Å²) in [5.41, 5.74) is 9.04. The minimum absolute atomic E-state index is 0.153. The number of aromatic amines is 1. The third kappa shape index (κ3) is 5.09. The average Bonchev–Trinajstić information content (AvgIpc) is 3.08. The highest BCUT2D eigenvalue weighted by molar-refractivity contribution is 5.83. The maximum absolute atomic E-state index is 13.2. The number of nitrogens with two attached hydrogens (primary N) is 1. The molecule has 1 aromatic carbocycles. The standard InChI is InChI=1S/C12H25N3.C10H10FN/c1-2-14-6-8-15(9-7-14)12-5-3-4-11(13)10-12;1-6-3-4-9(11)8-5-7(2)12-10(6)8/h11-12H,2-10,13H2,1H3;3-5,12H,1-2H3. The number of nitrogens with zero attached hydrogens (tertiary/aromatic N) is 2. The Hall–Kier alpha value is -1.43. The first-order valence-corrected chi connectivity index (χ1v) is 10.4. The van der Waals surface area contributed by atoms with Crippen molar-refractivity contribution in [2.24, 2.45) is 5.73 Å². The summed E-state index contributed by atoms with van der Waals surface area (Å²) in [7, 11) is 0. The molecule has 1 aromatic heterocycles. The minimum Gasteiger partial charge on any atom is -0.358 e. The largest absolute Gasteiger partial charge is 0.358 e. The lowest BCUT2D eigenvalue weighted by Crippen LogP contribution is -2.52. The Morgan fingerprint density at radius 2 is 1.89 bits per heavy atom. The monoisotopic (exact) mass is 374 g/mol. The van der Waals surface area contributed by atoms with Crippen LogP contribution in [0.15, 0.2) is 18.2 Å². The molecule has 1 aliphatic heterocycles. The zero-order valence-electron chi connectivity index (χ0n) is 17.1. The van der Waals surface area contributed by atoms with Crippen molar-refractivity contribution in [3.63, 3.8) is 0 Å². The molecule has 2 fully saturated rings. The molecule has 5 heteroatoms. The number of halogens is 1. The van der Waals surface area contributed by atoms with Gasteiger partial charge in [0.25, 0.3) is 0 Å². The SMILES string of the molecule is CCN1CCN(C2CCCC(N)C2)CC1.Cc1cc2c(F)ccc(C)c2[nH]1. The van der Waals surface area contributed by atoms with Gasteiger partial charge in [-0.25, -0.2) is 4.39 Å². The quantitative estimate of drug-likeness (QED) is 0.840. The molecule has 2 aromatic rings. The van der Waals surface area contributed by atoms with Gasteiger partial charge in [-0.3, -0.25) is 4.90 Å². The summed E-state index contributed by atoms with van der Waals surface area (Å²) in [5, 5.41) is 0.688. The number of piperazine rings is 1. The van der Waals surface area contributed by atoms with Crippen LogP contribution < -0.4 is 5.73 Å². The number of hydrogen-bond donors (Lipinski definition) is 2. The number of hydrogen-bond acceptors (Lipinski definition) is 3. The molecule has 4 nitrogen and oxygen atoms in total. The van der Waals surface area contributed by atoms with E-state index in [0.29, 0.717) is 11.4 Å². The molecular weight excluding hydrogens is 339 g/mol. The molecule has 1 saturated carbocycles. The van der Waals surface area contributed by atoms with E-state index >= 15 is 0 Å². The fraction of sp³-hybridized carbons (Fsp3) is 0.636. The van der Waals surface area contributed by atoms with E-state index in [9.17, 15) is 4.39 Å². The number of benzene rings is 1. The van der Waals surface area contributed by atoms with Crippen molar-refractivity contribution in [2.45, 2.75) is 58.5 Å². The Morgan fingerprint density at radius 3 is 2.52 bits per heavy atom. The van der Waals surface area contributed by atoms with Crippen LogP contribution in [0.25, 0.3) is 10.9 Å². The Kier molecular flexibility index (Phi) is 6.90. The first-order valence-electron chi connectivity index (χ1n) is 10.4. The molecule has 2 unspecified atom stereocenters. The van der Waals surface area contributed by atoms with Gasteiger partial charge in [-0.1, -0.05) is 19.4 Å². The number of aryl methyl sites for hydroxylation is 2. The zero-order valence-corrected chi connectivity index (χ0v) is 17.1. The third-order valence-corrected chi connectivity index (χ3v) is 6.14. The summed E-state index contributed by atoms with van der Waals surface area (Å²) >= 11 is 0. The van der Waals surface area contributed by atoms with Gasteiger partial charge in [0.1, 0.15) is 5.82 Å². The second-order valence-corrected chi connectivity index (χ2v) is 8.16. The van der Waals surface area contributed by atoms with Crippen molar-refractivity contribution in [2.75, 3.05) is 32.7 Å². The van der Waals surface area contributed by atoms with E-state index in [4.69, 9.17) is 5.73 Å². The first kappa shape index (κ1) is 20.3. The fourth-order valence-corrected chi connectivity index (χ4v) is 4.44. The fourth-order valence-electron chi connectivity index (χ4n) is 4.44. The topological polar surface area (TPSA) is 48.3 Å². The Balaban J connectivity index is 0.000000159. The van der Waals surface area contributed by atoms with E-state index < -0.39 is 0 Å². The Labute approximate surface area is 162 Å². The van der Waals surface area contributed by atoms with Crippen molar-refractivity contribution in [3.8, 4) is 0 Å². The predicted octanol–water partition coefficient (Wildman–Crippen LogP) is 3.82. The van der Waals surface area contributed by atoms with Crippen molar-refractivity contribution in [3.05, 3.63) is 35.3 Å². The zero-order chi connectivity index (χ0) is 19.4. The smallest absolute Gasteiger partial charge is 0.132 e. The van der Waals surface area contributed by atoms with E-state index in [2.05, 4.69) is 21.7 Å². The molecule has 4 rings (SSSR count). The van der Waals surface area contributed by atoms with Crippen LogP contribution in [0.3, 0.4) is 0 Å². The van der Waals surface area contributed by atoms with Crippen LogP contribution in [0.4, 0.5) is 4.39 Å². The van der Waals surface area contributed by atoms with Gasteiger partial charge in [-0.15, -0.1) is 0 Å². The average molecular weight is 375 g/mol. The molecule has 0 bridgehead atoms. The van der Waals surface area contributed by atoms with Gasteiger partial charge in [0.05, 0.1) is 5.52 Å². The summed E-state index contributed by atoms with van der Waals surface area (Å²) in [4.78, 5) is 8.34. The van der Waals surface area contributed by atoms with E-state index in [1.165, 1.54) is 64.5 Å². The summed E-state index contributed by atoms with van der Waals surface area (Å²) in [6.45, 7) is 12.4. The van der Waals surface area contributed by atoms with Crippen LogP contribution in [0.5, 0.6) is 0 Å². The van der Waals surface area contributed by atoms with Crippen LogP contribution in [-0.2, 0) is 0 Å². The summed E-state index contributed by atoms with van der Waals surface area (Å²) in [6, 6.07) is 6.37. The lowest BCUT2D eigenvalue weighted by atomic mass is 9.90. The molecule has 3 N–H and O–H groups in total. The first-order chi connectivity index (χ1) is 13.0. The molecule has 2 aliphatic rings. The second-order valence-electron chi connectivity index (χ2n) is 8.16. The van der Waals surface area contributed by atoms with E-state index in [1.807, 2.05) is 19.9 Å². The van der Waals surface area contributed by atoms with Gasteiger partial charge < -0.3 is 15.6 Å². The molecular formula is C22H35FN4. The predicted molar refractivity (Wildman–Crippen MR) is 112 cm³/mol. The molecule has 27 heavy (non-hydrogen) atoms. The number of aromatic nitrogens is 1. The highest BCUT2D eigenvalue weighted by Crippen LogP contribution is 2.23. The second kappa shape index (κ2) is 9.18. The third-order valence-electron chi connectivity index (χ3n) is 6.14.